The maximum absolute atomic E-state index is 6.04. The molecule has 1 atom stereocenters. The topological polar surface area (TPSA) is 21.3 Å². The van der Waals surface area contributed by atoms with Crippen molar-refractivity contribution < 1.29 is 4.74 Å². The van der Waals surface area contributed by atoms with E-state index in [9.17, 15) is 0 Å². The third-order valence-corrected chi connectivity index (χ3v) is 3.37. The van der Waals surface area contributed by atoms with Gasteiger partial charge in [-0.15, -0.1) is 0 Å². The molecule has 92 valence electrons. The summed E-state index contributed by atoms with van der Waals surface area (Å²) in [5.74, 6) is 0.862. The van der Waals surface area contributed by atoms with E-state index in [1.807, 2.05) is 36.4 Å². The van der Waals surface area contributed by atoms with E-state index in [4.69, 9.17) is 16.3 Å². The maximum atomic E-state index is 6.04. The highest BCUT2D eigenvalue weighted by molar-refractivity contribution is 6.30. The normalized spacial score (nSPS) is 17.7. The lowest BCUT2D eigenvalue weighted by Gasteiger charge is -2.27. The summed E-state index contributed by atoms with van der Waals surface area (Å²) in [4.78, 5) is 0. The van der Waals surface area contributed by atoms with Gasteiger partial charge < -0.3 is 10.1 Å². The lowest BCUT2D eigenvalue weighted by Crippen LogP contribution is -2.20. The monoisotopic (exact) mass is 259 g/mol. The summed E-state index contributed by atoms with van der Waals surface area (Å²) in [6.07, 6.45) is 1.09. The average Bonchev–Trinajstić information content (AvgIpc) is 2.42. The molecular weight excluding hydrogens is 246 g/mol. The predicted molar refractivity (Wildman–Crippen MR) is 74.4 cm³/mol. The molecule has 0 spiro atoms. The Labute approximate surface area is 112 Å². The zero-order chi connectivity index (χ0) is 12.4. The molecule has 3 heteroatoms. The van der Waals surface area contributed by atoms with Crippen molar-refractivity contribution >= 4 is 17.3 Å². The third-order valence-electron chi connectivity index (χ3n) is 3.12. The summed E-state index contributed by atoms with van der Waals surface area (Å²) in [6, 6.07) is 15.8. The Kier molecular flexibility index (Phi) is 3.11. The molecule has 0 aliphatic carbocycles. The Morgan fingerprint density at radius 2 is 1.83 bits per heavy atom. The Bertz CT molecular complexity index is 538. The van der Waals surface area contributed by atoms with Crippen LogP contribution in [0.3, 0.4) is 0 Å². The zero-order valence-electron chi connectivity index (χ0n) is 9.90. The van der Waals surface area contributed by atoms with Gasteiger partial charge >= 0.3 is 0 Å². The van der Waals surface area contributed by atoms with Crippen molar-refractivity contribution in [2.75, 3.05) is 11.9 Å². The Balaban J connectivity index is 1.84. The number of hydrogen-bond acceptors (Lipinski definition) is 2. The quantitative estimate of drug-likeness (QED) is 0.869. The van der Waals surface area contributed by atoms with E-state index in [1.54, 1.807) is 0 Å². The third kappa shape index (κ3) is 2.29. The van der Waals surface area contributed by atoms with Gasteiger partial charge in [0.1, 0.15) is 11.9 Å². The standard InChI is InChI=1S/C15H14ClNO/c16-11-5-7-12(8-6-11)18-15-9-10-17-14-4-2-1-3-13(14)15/h1-8,15,17H,9-10H2. The number of nitrogens with one attached hydrogen (secondary N) is 1. The number of halogens is 1. The van der Waals surface area contributed by atoms with E-state index >= 15 is 0 Å². The number of fused-ring (bicyclic) bond motifs is 1. The average molecular weight is 260 g/mol. The highest BCUT2D eigenvalue weighted by Crippen LogP contribution is 2.33. The highest BCUT2D eigenvalue weighted by Gasteiger charge is 2.20. The summed E-state index contributed by atoms with van der Waals surface area (Å²) in [5.41, 5.74) is 2.39. The van der Waals surface area contributed by atoms with E-state index in [1.165, 1.54) is 11.3 Å². The number of benzene rings is 2. The molecule has 0 radical (unpaired) electrons. The molecule has 0 bridgehead atoms. The fourth-order valence-electron chi connectivity index (χ4n) is 2.23. The van der Waals surface area contributed by atoms with Gasteiger partial charge in [0, 0.05) is 29.2 Å². The Morgan fingerprint density at radius 1 is 1.06 bits per heavy atom. The van der Waals surface area contributed by atoms with Gasteiger partial charge in [-0.1, -0.05) is 29.8 Å². The van der Waals surface area contributed by atoms with Crippen LogP contribution in [0, 0.1) is 0 Å². The molecule has 2 aromatic carbocycles. The maximum Gasteiger partial charge on any atom is 0.127 e. The number of ether oxygens (including phenoxy) is 1. The van der Waals surface area contributed by atoms with Crippen molar-refractivity contribution in [3.05, 3.63) is 59.1 Å². The van der Waals surface area contributed by atoms with Gasteiger partial charge in [0.25, 0.3) is 0 Å². The lowest BCUT2D eigenvalue weighted by molar-refractivity contribution is 0.196. The predicted octanol–water partition coefficient (Wildman–Crippen LogP) is 4.28. The molecule has 1 unspecified atom stereocenters. The van der Waals surface area contributed by atoms with Gasteiger partial charge in [-0.2, -0.15) is 0 Å². The first-order chi connectivity index (χ1) is 8.83. The highest BCUT2D eigenvalue weighted by atomic mass is 35.5. The summed E-state index contributed by atoms with van der Waals surface area (Å²) in [7, 11) is 0. The molecule has 1 N–H and O–H groups in total. The summed E-state index contributed by atoms with van der Waals surface area (Å²) in [6.45, 7) is 0.940. The second-order valence-electron chi connectivity index (χ2n) is 4.36. The zero-order valence-corrected chi connectivity index (χ0v) is 10.7. The van der Waals surface area contributed by atoms with Crippen LogP contribution in [-0.2, 0) is 0 Å². The van der Waals surface area contributed by atoms with Crippen LogP contribution in [0.5, 0.6) is 5.75 Å². The number of para-hydroxylation sites is 1. The summed E-state index contributed by atoms with van der Waals surface area (Å²) >= 11 is 5.87. The molecular formula is C15H14ClNO. The first-order valence-corrected chi connectivity index (χ1v) is 6.46. The van der Waals surface area contributed by atoms with Crippen LogP contribution in [-0.4, -0.2) is 6.54 Å². The van der Waals surface area contributed by atoms with Crippen LogP contribution < -0.4 is 10.1 Å². The van der Waals surface area contributed by atoms with Crippen molar-refractivity contribution in [3.63, 3.8) is 0 Å². The van der Waals surface area contributed by atoms with Crippen LogP contribution in [0.2, 0.25) is 5.02 Å². The first-order valence-electron chi connectivity index (χ1n) is 6.08. The van der Waals surface area contributed by atoms with E-state index in [-0.39, 0.29) is 6.10 Å². The number of rotatable bonds is 2. The molecule has 0 saturated carbocycles. The van der Waals surface area contributed by atoms with Crippen LogP contribution >= 0.6 is 11.6 Å². The minimum atomic E-state index is 0.114. The van der Waals surface area contributed by atoms with Crippen molar-refractivity contribution in [1.82, 2.24) is 0 Å². The van der Waals surface area contributed by atoms with Gasteiger partial charge in [0.2, 0.25) is 0 Å². The minimum absolute atomic E-state index is 0.114. The van der Waals surface area contributed by atoms with Gasteiger partial charge in [-0.3, -0.25) is 0 Å². The summed E-state index contributed by atoms with van der Waals surface area (Å²) < 4.78 is 6.04. The second kappa shape index (κ2) is 4.91. The molecule has 2 nitrogen and oxygen atoms in total. The largest absolute Gasteiger partial charge is 0.486 e. The minimum Gasteiger partial charge on any atom is -0.486 e. The van der Waals surface area contributed by atoms with Crippen LogP contribution in [0.4, 0.5) is 5.69 Å². The van der Waals surface area contributed by atoms with E-state index in [2.05, 4.69) is 17.4 Å². The van der Waals surface area contributed by atoms with Gasteiger partial charge in [0.05, 0.1) is 0 Å². The molecule has 0 saturated heterocycles. The molecule has 1 aliphatic heterocycles. The fourth-order valence-corrected chi connectivity index (χ4v) is 2.36. The van der Waals surface area contributed by atoms with Crippen molar-refractivity contribution in [2.24, 2.45) is 0 Å². The molecule has 1 heterocycles. The van der Waals surface area contributed by atoms with Gasteiger partial charge in [-0.25, -0.2) is 0 Å². The van der Waals surface area contributed by atoms with Crippen LogP contribution in [0.25, 0.3) is 0 Å². The first kappa shape index (κ1) is 11.4. The number of hydrogen-bond donors (Lipinski definition) is 1. The molecule has 2 aromatic rings. The molecule has 0 fully saturated rings. The van der Waals surface area contributed by atoms with Crippen molar-refractivity contribution in [1.29, 1.82) is 0 Å². The SMILES string of the molecule is Clc1ccc(OC2CCNc3ccccc32)cc1. The Morgan fingerprint density at radius 3 is 2.67 bits per heavy atom. The van der Waals surface area contributed by atoms with Crippen molar-refractivity contribution in [2.45, 2.75) is 12.5 Å². The van der Waals surface area contributed by atoms with E-state index < -0.39 is 0 Å². The Hall–Kier alpha value is -1.67. The second-order valence-corrected chi connectivity index (χ2v) is 4.80. The van der Waals surface area contributed by atoms with Crippen LogP contribution in [0.15, 0.2) is 48.5 Å². The fraction of sp³-hybridized carbons (Fsp3) is 0.200. The van der Waals surface area contributed by atoms with E-state index in [0.29, 0.717) is 0 Å². The number of anilines is 1. The molecule has 3 rings (SSSR count). The molecule has 0 aromatic heterocycles. The van der Waals surface area contributed by atoms with Gasteiger partial charge in [0.15, 0.2) is 0 Å². The molecule has 1 aliphatic rings. The van der Waals surface area contributed by atoms with Crippen molar-refractivity contribution in [3.8, 4) is 5.75 Å². The lowest BCUT2D eigenvalue weighted by atomic mass is 10.0. The molecule has 18 heavy (non-hydrogen) atoms. The summed E-state index contributed by atoms with van der Waals surface area (Å²) in [5, 5.41) is 4.12. The van der Waals surface area contributed by atoms with Gasteiger partial charge in [-0.05, 0) is 30.3 Å². The van der Waals surface area contributed by atoms with Crippen LogP contribution in [0.1, 0.15) is 18.1 Å². The smallest absolute Gasteiger partial charge is 0.127 e. The van der Waals surface area contributed by atoms with E-state index in [0.717, 1.165) is 23.7 Å². The molecule has 0 amide bonds.